The molecule has 1 unspecified atom stereocenters. The van der Waals surface area contributed by atoms with Gasteiger partial charge in [0.05, 0.1) is 23.9 Å². The molecule has 2 aliphatic rings. The molecule has 9 nitrogen and oxygen atoms in total. The fourth-order valence-electron chi connectivity index (χ4n) is 4.07. The number of hydrogen-bond acceptors (Lipinski definition) is 6. The van der Waals surface area contributed by atoms with Gasteiger partial charge in [-0.3, -0.25) is 9.89 Å². The highest BCUT2D eigenvalue weighted by molar-refractivity contribution is 7.89. The predicted octanol–water partition coefficient (Wildman–Crippen LogP) is 2.10. The van der Waals surface area contributed by atoms with Gasteiger partial charge in [-0.05, 0) is 43.2 Å². The van der Waals surface area contributed by atoms with Crippen LogP contribution in [0.1, 0.15) is 12.0 Å². The summed E-state index contributed by atoms with van der Waals surface area (Å²) in [6.45, 7) is 3.51. The van der Waals surface area contributed by atoms with Crippen LogP contribution in [-0.2, 0) is 14.8 Å². The molecule has 0 saturated carbocycles. The van der Waals surface area contributed by atoms with Gasteiger partial charge in [-0.1, -0.05) is 0 Å². The number of aromatic nitrogens is 2. The van der Waals surface area contributed by atoms with Crippen LogP contribution in [0.25, 0.3) is 10.9 Å². The van der Waals surface area contributed by atoms with Crippen LogP contribution >= 0.6 is 0 Å². The molecule has 162 valence electrons. The van der Waals surface area contributed by atoms with Crippen LogP contribution in [-0.4, -0.2) is 61.6 Å². The summed E-state index contributed by atoms with van der Waals surface area (Å²) in [7, 11) is -1.87. The maximum absolute atomic E-state index is 13.3. The number of hydrogen-bond donors (Lipinski definition) is 2. The first-order valence-corrected chi connectivity index (χ1v) is 11.5. The van der Waals surface area contributed by atoms with E-state index >= 15 is 0 Å². The van der Waals surface area contributed by atoms with Gasteiger partial charge in [-0.2, -0.15) is 9.40 Å². The van der Waals surface area contributed by atoms with Crippen molar-refractivity contribution >= 4 is 38.2 Å². The number of nitrogens with one attached hydrogen (secondary N) is 2. The number of H-pyrrole nitrogens is 1. The normalized spacial score (nSPS) is 18.9. The van der Waals surface area contributed by atoms with E-state index in [9.17, 15) is 13.2 Å². The SMILES string of the molecule is Cc1cc(S(=O)(=O)N2CCC2C(=O)Nc2ccc3c(c2)OCCN3C)c2[nH]ncc2c1. The first kappa shape index (κ1) is 19.8. The number of amides is 1. The Balaban J connectivity index is 1.38. The smallest absolute Gasteiger partial charge is 0.245 e. The van der Waals surface area contributed by atoms with Gasteiger partial charge < -0.3 is 15.0 Å². The highest BCUT2D eigenvalue weighted by Gasteiger charge is 2.43. The van der Waals surface area contributed by atoms with E-state index in [-0.39, 0.29) is 10.8 Å². The van der Waals surface area contributed by atoms with E-state index in [2.05, 4.69) is 20.4 Å². The number of fused-ring (bicyclic) bond motifs is 2. The van der Waals surface area contributed by atoms with Gasteiger partial charge in [-0.25, -0.2) is 8.42 Å². The van der Waals surface area contributed by atoms with Crippen LogP contribution in [0.2, 0.25) is 0 Å². The molecule has 1 fully saturated rings. The van der Waals surface area contributed by atoms with Crippen molar-refractivity contribution in [2.75, 3.05) is 37.0 Å². The van der Waals surface area contributed by atoms with Crippen LogP contribution in [0.5, 0.6) is 5.75 Å². The van der Waals surface area contributed by atoms with Crippen molar-refractivity contribution in [2.45, 2.75) is 24.3 Å². The zero-order valence-electron chi connectivity index (χ0n) is 17.3. The third-order valence-corrected chi connectivity index (χ3v) is 7.77. The lowest BCUT2D eigenvalue weighted by atomic mass is 10.1. The molecule has 2 aliphatic heterocycles. The second-order valence-electron chi connectivity index (χ2n) is 7.96. The van der Waals surface area contributed by atoms with E-state index in [1.54, 1.807) is 24.4 Å². The molecule has 0 aliphatic carbocycles. The summed E-state index contributed by atoms with van der Waals surface area (Å²) >= 11 is 0. The Labute approximate surface area is 180 Å². The first-order chi connectivity index (χ1) is 14.8. The molecule has 10 heteroatoms. The van der Waals surface area contributed by atoms with E-state index in [1.165, 1.54) is 4.31 Å². The number of rotatable bonds is 4. The Hall–Kier alpha value is -3.11. The molecule has 0 radical (unpaired) electrons. The molecule has 2 N–H and O–H groups in total. The van der Waals surface area contributed by atoms with Crippen molar-refractivity contribution in [3.8, 4) is 5.75 Å². The fraction of sp³-hybridized carbons (Fsp3) is 0.333. The van der Waals surface area contributed by atoms with Crippen molar-refractivity contribution in [1.29, 1.82) is 0 Å². The molecule has 0 bridgehead atoms. The second kappa shape index (κ2) is 7.24. The van der Waals surface area contributed by atoms with Crippen LogP contribution in [0.4, 0.5) is 11.4 Å². The number of aromatic amines is 1. The molecule has 1 saturated heterocycles. The molecule has 0 spiro atoms. The van der Waals surface area contributed by atoms with Crippen molar-refractivity contribution < 1.29 is 17.9 Å². The van der Waals surface area contributed by atoms with E-state index in [0.717, 1.165) is 23.2 Å². The Morgan fingerprint density at radius 2 is 2.10 bits per heavy atom. The largest absolute Gasteiger partial charge is 0.489 e. The molecule has 5 rings (SSSR count). The molecule has 1 atom stereocenters. The maximum Gasteiger partial charge on any atom is 0.245 e. The van der Waals surface area contributed by atoms with Gasteiger partial charge in [0, 0.05) is 30.7 Å². The zero-order chi connectivity index (χ0) is 21.8. The number of carbonyl (C=O) groups is 1. The molecule has 31 heavy (non-hydrogen) atoms. The molecule has 3 heterocycles. The van der Waals surface area contributed by atoms with Crippen molar-refractivity contribution in [3.05, 3.63) is 42.1 Å². The third-order valence-electron chi connectivity index (χ3n) is 5.84. The van der Waals surface area contributed by atoms with Crippen molar-refractivity contribution in [2.24, 2.45) is 0 Å². The first-order valence-electron chi connectivity index (χ1n) is 10.1. The molecular weight excluding hydrogens is 418 g/mol. The average Bonchev–Trinajstić information content (AvgIpc) is 3.14. The monoisotopic (exact) mass is 441 g/mol. The van der Waals surface area contributed by atoms with Gasteiger partial charge in [0.25, 0.3) is 0 Å². The minimum absolute atomic E-state index is 0.141. The maximum atomic E-state index is 13.3. The number of nitrogens with zero attached hydrogens (tertiary/aromatic N) is 3. The minimum atomic E-state index is -3.86. The third kappa shape index (κ3) is 3.31. The number of anilines is 2. The molecule has 3 aromatic rings. The van der Waals surface area contributed by atoms with Gasteiger partial charge in [0.15, 0.2) is 0 Å². The number of aryl methyl sites for hydroxylation is 1. The fourth-order valence-corrected chi connectivity index (χ4v) is 5.96. The van der Waals surface area contributed by atoms with E-state index < -0.39 is 16.1 Å². The second-order valence-corrected chi connectivity index (χ2v) is 9.82. The summed E-state index contributed by atoms with van der Waals surface area (Å²) in [5, 5.41) is 10.3. The molecule has 1 aromatic heterocycles. The number of benzene rings is 2. The lowest BCUT2D eigenvalue weighted by Crippen LogP contribution is -2.56. The average molecular weight is 442 g/mol. The predicted molar refractivity (Wildman–Crippen MR) is 117 cm³/mol. The van der Waals surface area contributed by atoms with Crippen molar-refractivity contribution in [1.82, 2.24) is 14.5 Å². The number of sulfonamides is 1. The van der Waals surface area contributed by atoms with E-state index in [1.807, 2.05) is 26.1 Å². The number of carbonyl (C=O) groups excluding carboxylic acids is 1. The van der Waals surface area contributed by atoms with Crippen LogP contribution in [0.15, 0.2) is 41.4 Å². The van der Waals surface area contributed by atoms with E-state index in [4.69, 9.17) is 4.74 Å². The summed E-state index contributed by atoms with van der Waals surface area (Å²) in [6.07, 6.45) is 2.06. The molecular formula is C21H23N5O4S. The summed E-state index contributed by atoms with van der Waals surface area (Å²) in [5.74, 6) is 0.346. The Morgan fingerprint density at radius 1 is 1.26 bits per heavy atom. The summed E-state index contributed by atoms with van der Waals surface area (Å²) in [6, 6.07) is 8.18. The highest BCUT2D eigenvalue weighted by Crippen LogP contribution is 2.35. The van der Waals surface area contributed by atoms with Gasteiger partial charge >= 0.3 is 0 Å². The van der Waals surface area contributed by atoms with Crippen molar-refractivity contribution in [3.63, 3.8) is 0 Å². The number of ether oxygens (including phenoxy) is 1. The Kier molecular flexibility index (Phi) is 4.63. The Bertz CT molecular complexity index is 1290. The number of likely N-dealkylation sites (N-methyl/N-ethyl adjacent to an activating group) is 1. The quantitative estimate of drug-likeness (QED) is 0.642. The van der Waals surface area contributed by atoms with Crippen LogP contribution < -0.4 is 15.0 Å². The summed E-state index contributed by atoms with van der Waals surface area (Å²) in [4.78, 5) is 15.1. The standard InChI is InChI=1S/C21H23N5O4S/c1-13-9-14-12-22-24-20(14)19(10-13)31(28,29)26-6-5-17(26)21(27)23-15-3-4-16-18(11-15)30-8-7-25(16)2/h3-4,9-12,17H,5-8H2,1-2H3,(H,22,24)(H,23,27). The molecule has 2 aromatic carbocycles. The van der Waals surface area contributed by atoms with Gasteiger partial charge in [-0.15, -0.1) is 0 Å². The lowest BCUT2D eigenvalue weighted by Gasteiger charge is -2.38. The van der Waals surface area contributed by atoms with Gasteiger partial charge in [0.1, 0.15) is 23.3 Å². The highest BCUT2D eigenvalue weighted by atomic mass is 32.2. The summed E-state index contributed by atoms with van der Waals surface area (Å²) in [5.41, 5.74) is 2.80. The van der Waals surface area contributed by atoms with Gasteiger partial charge in [0.2, 0.25) is 15.9 Å². The van der Waals surface area contributed by atoms with E-state index in [0.29, 0.717) is 36.5 Å². The molecule has 1 amide bonds. The summed E-state index contributed by atoms with van der Waals surface area (Å²) < 4.78 is 33.6. The zero-order valence-corrected chi connectivity index (χ0v) is 18.1. The van der Waals surface area contributed by atoms with Crippen LogP contribution in [0.3, 0.4) is 0 Å². The topological polar surface area (TPSA) is 108 Å². The van der Waals surface area contributed by atoms with Crippen LogP contribution in [0, 0.1) is 6.92 Å². The Morgan fingerprint density at radius 3 is 2.87 bits per heavy atom. The lowest BCUT2D eigenvalue weighted by molar-refractivity contribution is -0.122. The minimum Gasteiger partial charge on any atom is -0.489 e.